The number of carboxylic acid groups (broad SMARTS) is 1. The van der Waals surface area contributed by atoms with E-state index in [0.717, 1.165) is 45.6 Å². The highest BCUT2D eigenvalue weighted by atomic mass is 19.1. The molecule has 2 aliphatic rings. The van der Waals surface area contributed by atoms with Crippen molar-refractivity contribution in [3.05, 3.63) is 39.9 Å². The Balaban J connectivity index is 0.000000276. The van der Waals surface area contributed by atoms with Gasteiger partial charge in [-0.25, -0.2) is 9.18 Å². The molecule has 4 atom stereocenters. The van der Waals surface area contributed by atoms with Crippen LogP contribution >= 0.6 is 0 Å². The molecule has 0 unspecified atom stereocenters. The summed E-state index contributed by atoms with van der Waals surface area (Å²) < 4.78 is 16.6. The third kappa shape index (κ3) is 7.31. The van der Waals surface area contributed by atoms with Crippen LogP contribution in [0.2, 0.25) is 0 Å². The summed E-state index contributed by atoms with van der Waals surface area (Å²) in [5.41, 5.74) is 0.195. The number of aliphatic hydroxyl groups excluding tert-OH is 5. The molecule has 1 aliphatic carbocycles. The first kappa shape index (κ1) is 30.9. The number of likely N-dealkylation sites (N-methyl/N-ethyl adjacent to an activating group) is 2. The SMILES string of the molecule is CCN1CCN(c2cc3c(cc2F)c(=O)c(C(=O)O)cn3C2CC2)CC1.CNC[C@H](O)[C@@H](O)[C@H](O)[C@H](O)CO. The molecule has 2 fully saturated rings. The number of hydrogen-bond donors (Lipinski definition) is 7. The smallest absolute Gasteiger partial charge is 0.341 e. The fourth-order valence-corrected chi connectivity index (χ4v) is 4.61. The summed E-state index contributed by atoms with van der Waals surface area (Å²) in [6, 6.07) is 3.12. The van der Waals surface area contributed by atoms with Crippen molar-refractivity contribution in [2.24, 2.45) is 0 Å². The lowest BCUT2D eigenvalue weighted by atomic mass is 10.0. The standard InChI is InChI=1S/C19H22FN3O3.C7H17NO5/c1-2-21-5-7-22(8-6-21)17-10-16-13(9-15(17)20)18(24)14(19(25)26)11-23(16)12-3-4-12;1-8-2-4(10)6(12)7(13)5(11)3-9/h9-12H,2-8H2,1H3,(H,25,26);4-13H,2-3H2,1H3/t;4-,5+,6+,7+/m.0/s1. The number of carboxylic acids is 1. The van der Waals surface area contributed by atoms with Crippen molar-refractivity contribution >= 4 is 22.6 Å². The van der Waals surface area contributed by atoms with Crippen LogP contribution < -0.4 is 15.6 Å². The van der Waals surface area contributed by atoms with E-state index in [1.54, 1.807) is 13.1 Å². The fraction of sp³-hybridized carbons (Fsp3) is 0.615. The Hall–Kier alpha value is -2.65. The van der Waals surface area contributed by atoms with E-state index < -0.39 is 48.2 Å². The van der Waals surface area contributed by atoms with Gasteiger partial charge in [-0.05, 0) is 38.6 Å². The van der Waals surface area contributed by atoms with Gasteiger partial charge in [-0.2, -0.15) is 0 Å². The van der Waals surface area contributed by atoms with Crippen molar-refractivity contribution in [1.29, 1.82) is 0 Å². The van der Waals surface area contributed by atoms with E-state index in [2.05, 4.69) is 17.1 Å². The van der Waals surface area contributed by atoms with Gasteiger partial charge in [0.2, 0.25) is 5.43 Å². The van der Waals surface area contributed by atoms with Crippen LogP contribution in [0.25, 0.3) is 10.9 Å². The van der Waals surface area contributed by atoms with Gasteiger partial charge in [0.15, 0.2) is 0 Å². The molecule has 1 aliphatic heterocycles. The molecule has 12 nitrogen and oxygen atoms in total. The number of aromatic nitrogens is 1. The maximum atomic E-state index is 14.8. The molecule has 0 bridgehead atoms. The van der Waals surface area contributed by atoms with Crippen molar-refractivity contribution < 1.29 is 39.8 Å². The summed E-state index contributed by atoms with van der Waals surface area (Å²) >= 11 is 0. The lowest BCUT2D eigenvalue weighted by Crippen LogP contribution is -2.48. The van der Waals surface area contributed by atoms with E-state index >= 15 is 0 Å². The van der Waals surface area contributed by atoms with Crippen LogP contribution in [-0.2, 0) is 0 Å². The maximum absolute atomic E-state index is 14.8. The molecule has 13 heteroatoms. The third-order valence-corrected chi connectivity index (χ3v) is 7.17. The molecule has 0 radical (unpaired) electrons. The van der Waals surface area contributed by atoms with E-state index in [-0.39, 0.29) is 23.5 Å². The second-order valence-electron chi connectivity index (χ2n) is 9.91. The van der Waals surface area contributed by atoms with Crippen molar-refractivity contribution in [1.82, 2.24) is 14.8 Å². The van der Waals surface area contributed by atoms with Crippen LogP contribution in [0.1, 0.15) is 36.2 Å². The Bertz CT molecular complexity index is 1180. The average molecular weight is 555 g/mol. The molecule has 1 saturated carbocycles. The maximum Gasteiger partial charge on any atom is 0.341 e. The highest BCUT2D eigenvalue weighted by molar-refractivity contribution is 5.93. The lowest BCUT2D eigenvalue weighted by Gasteiger charge is -2.35. The summed E-state index contributed by atoms with van der Waals surface area (Å²) in [4.78, 5) is 28.2. The molecule has 39 heavy (non-hydrogen) atoms. The third-order valence-electron chi connectivity index (χ3n) is 7.17. The second-order valence-corrected chi connectivity index (χ2v) is 9.91. The zero-order chi connectivity index (χ0) is 28.9. The van der Waals surface area contributed by atoms with Crippen LogP contribution in [0.3, 0.4) is 0 Å². The van der Waals surface area contributed by atoms with Crippen LogP contribution in [0, 0.1) is 5.82 Å². The van der Waals surface area contributed by atoms with Gasteiger partial charge in [-0.1, -0.05) is 6.92 Å². The average Bonchev–Trinajstić information content (AvgIpc) is 3.78. The molecule has 0 amide bonds. The minimum absolute atomic E-state index is 0.0936. The second kappa shape index (κ2) is 13.6. The number of nitrogens with zero attached hydrogens (tertiary/aromatic N) is 3. The molecule has 7 N–H and O–H groups in total. The quantitative estimate of drug-likeness (QED) is 0.191. The number of aliphatic hydroxyl groups is 5. The number of rotatable bonds is 10. The highest BCUT2D eigenvalue weighted by Crippen LogP contribution is 2.38. The molecule has 2 heterocycles. The number of anilines is 1. The first-order chi connectivity index (χ1) is 18.5. The van der Waals surface area contributed by atoms with Gasteiger partial charge in [-0.15, -0.1) is 0 Å². The van der Waals surface area contributed by atoms with E-state index in [1.807, 2.05) is 9.47 Å². The highest BCUT2D eigenvalue weighted by Gasteiger charge is 2.30. The zero-order valence-electron chi connectivity index (χ0n) is 22.2. The Kier molecular flexibility index (Phi) is 10.8. The fourth-order valence-electron chi connectivity index (χ4n) is 4.61. The number of fused-ring (bicyclic) bond motifs is 1. The summed E-state index contributed by atoms with van der Waals surface area (Å²) in [6.07, 6.45) is -2.34. The van der Waals surface area contributed by atoms with E-state index in [1.165, 1.54) is 12.3 Å². The predicted octanol–water partition coefficient (Wildman–Crippen LogP) is -1.04. The largest absolute Gasteiger partial charge is 0.477 e. The zero-order valence-corrected chi connectivity index (χ0v) is 22.2. The van der Waals surface area contributed by atoms with Crippen molar-refractivity contribution in [3.63, 3.8) is 0 Å². The number of pyridine rings is 1. The van der Waals surface area contributed by atoms with Gasteiger partial charge in [0.05, 0.1) is 23.9 Å². The van der Waals surface area contributed by atoms with Gasteiger partial charge >= 0.3 is 5.97 Å². The summed E-state index contributed by atoms with van der Waals surface area (Å²) in [5.74, 6) is -1.74. The van der Waals surface area contributed by atoms with E-state index in [9.17, 15) is 24.2 Å². The Morgan fingerprint density at radius 2 is 1.69 bits per heavy atom. The molecular formula is C26H39FN4O8. The number of nitrogens with one attached hydrogen (secondary N) is 1. The van der Waals surface area contributed by atoms with Gasteiger partial charge in [0.1, 0.15) is 29.7 Å². The summed E-state index contributed by atoms with van der Waals surface area (Å²) in [5, 5.41) is 56.9. The van der Waals surface area contributed by atoms with Crippen LogP contribution in [0.4, 0.5) is 10.1 Å². The van der Waals surface area contributed by atoms with Gasteiger partial charge in [0.25, 0.3) is 0 Å². The van der Waals surface area contributed by atoms with Gasteiger partial charge < -0.3 is 50.3 Å². The van der Waals surface area contributed by atoms with Crippen LogP contribution in [0.5, 0.6) is 0 Å². The topological polar surface area (TPSA) is 179 Å². The molecule has 2 aromatic rings. The number of benzene rings is 1. The van der Waals surface area contributed by atoms with E-state index in [4.69, 9.17) is 20.4 Å². The van der Waals surface area contributed by atoms with Crippen LogP contribution in [0.15, 0.2) is 23.1 Å². The number of hydrogen-bond acceptors (Lipinski definition) is 10. The summed E-state index contributed by atoms with van der Waals surface area (Å²) in [7, 11) is 1.57. The number of piperazine rings is 1. The molecule has 218 valence electrons. The molecule has 0 spiro atoms. The normalized spacial score (nSPS) is 19.2. The van der Waals surface area contributed by atoms with Crippen LogP contribution in [-0.4, -0.2) is 123 Å². The Labute approximate surface area is 225 Å². The molecule has 4 rings (SSSR count). The van der Waals surface area contributed by atoms with Gasteiger partial charge in [0, 0.05) is 50.3 Å². The molecule has 1 aromatic heterocycles. The predicted molar refractivity (Wildman–Crippen MR) is 143 cm³/mol. The lowest BCUT2D eigenvalue weighted by molar-refractivity contribution is -0.113. The van der Waals surface area contributed by atoms with Crippen molar-refractivity contribution in [2.45, 2.75) is 50.2 Å². The molecule has 1 saturated heterocycles. The first-order valence-electron chi connectivity index (χ1n) is 13.1. The molecule has 1 aromatic carbocycles. The summed E-state index contributed by atoms with van der Waals surface area (Å²) in [6.45, 7) is 5.74. The number of halogens is 1. The van der Waals surface area contributed by atoms with Gasteiger partial charge in [-0.3, -0.25) is 4.79 Å². The van der Waals surface area contributed by atoms with Crippen molar-refractivity contribution in [3.8, 4) is 0 Å². The Morgan fingerprint density at radius 1 is 1.08 bits per heavy atom. The van der Waals surface area contributed by atoms with E-state index in [0.29, 0.717) is 11.2 Å². The number of aromatic carboxylic acids is 1. The van der Waals surface area contributed by atoms with Crippen molar-refractivity contribution in [2.75, 3.05) is 57.8 Å². The Morgan fingerprint density at radius 3 is 2.21 bits per heavy atom. The number of carbonyl (C=O) groups is 1. The minimum Gasteiger partial charge on any atom is -0.477 e. The minimum atomic E-state index is -1.55. The first-order valence-corrected chi connectivity index (χ1v) is 13.1. The molecular weight excluding hydrogens is 515 g/mol. The monoisotopic (exact) mass is 554 g/mol.